The van der Waals surface area contributed by atoms with Gasteiger partial charge in [-0.3, -0.25) is 4.79 Å². The van der Waals surface area contributed by atoms with Gasteiger partial charge in [0.15, 0.2) is 6.61 Å². The minimum atomic E-state index is -0.406. The van der Waals surface area contributed by atoms with Crippen molar-refractivity contribution >= 4 is 22.6 Å². The molecule has 5 nitrogen and oxygen atoms in total. The number of hydrogen-bond acceptors (Lipinski definition) is 4. The van der Waals surface area contributed by atoms with Gasteiger partial charge in [0.05, 0.1) is 0 Å². The van der Waals surface area contributed by atoms with Crippen molar-refractivity contribution in [3.63, 3.8) is 0 Å². The van der Waals surface area contributed by atoms with Gasteiger partial charge in [0.1, 0.15) is 11.3 Å². The van der Waals surface area contributed by atoms with Crippen LogP contribution in [0, 0.1) is 6.92 Å². The summed E-state index contributed by atoms with van der Waals surface area (Å²) in [6.07, 6.45) is 2.11. The Morgan fingerprint density at radius 1 is 1.12 bits per heavy atom. The predicted octanol–water partition coefficient (Wildman–Crippen LogP) is 4.07. The summed E-state index contributed by atoms with van der Waals surface area (Å²) in [4.78, 5) is 23.5. The molecule has 1 heterocycles. The van der Waals surface area contributed by atoms with Crippen molar-refractivity contribution in [1.82, 2.24) is 0 Å². The van der Waals surface area contributed by atoms with Gasteiger partial charge in [0.2, 0.25) is 0 Å². The number of carbonyl (C=O) groups is 1. The van der Waals surface area contributed by atoms with Crippen LogP contribution < -0.4 is 15.7 Å². The first-order valence-electron chi connectivity index (χ1n) is 8.61. The Kier molecular flexibility index (Phi) is 5.37. The number of rotatable bonds is 6. The molecule has 1 amide bonds. The van der Waals surface area contributed by atoms with Gasteiger partial charge in [-0.25, -0.2) is 4.79 Å². The third-order valence-electron chi connectivity index (χ3n) is 4.07. The number of benzene rings is 2. The van der Waals surface area contributed by atoms with E-state index in [1.807, 2.05) is 37.3 Å². The highest BCUT2D eigenvalue weighted by atomic mass is 16.5. The Balaban J connectivity index is 1.62. The average Bonchev–Trinajstić information content (AvgIpc) is 2.61. The first-order chi connectivity index (χ1) is 12.5. The normalized spacial score (nSPS) is 10.7. The van der Waals surface area contributed by atoms with Crippen molar-refractivity contribution in [3.05, 3.63) is 70.1 Å². The van der Waals surface area contributed by atoms with Crippen molar-refractivity contribution < 1.29 is 13.9 Å². The Bertz CT molecular complexity index is 973. The number of aryl methyl sites for hydroxylation is 2. The minimum Gasteiger partial charge on any atom is -0.484 e. The second-order valence-corrected chi connectivity index (χ2v) is 6.19. The fourth-order valence-electron chi connectivity index (χ4n) is 2.78. The maximum absolute atomic E-state index is 12.1. The summed E-state index contributed by atoms with van der Waals surface area (Å²) < 4.78 is 10.7. The number of fused-ring (bicyclic) bond motifs is 1. The van der Waals surface area contributed by atoms with E-state index in [1.54, 1.807) is 12.1 Å². The van der Waals surface area contributed by atoms with E-state index in [1.165, 1.54) is 11.6 Å². The topological polar surface area (TPSA) is 68.5 Å². The monoisotopic (exact) mass is 351 g/mol. The molecule has 0 aliphatic carbocycles. The Hall–Kier alpha value is -3.08. The van der Waals surface area contributed by atoms with Gasteiger partial charge >= 0.3 is 5.63 Å². The van der Waals surface area contributed by atoms with Crippen LogP contribution in [0.15, 0.2) is 57.7 Å². The molecule has 0 saturated heterocycles. The van der Waals surface area contributed by atoms with Gasteiger partial charge in [-0.05, 0) is 48.7 Å². The smallest absolute Gasteiger partial charge is 0.336 e. The lowest BCUT2D eigenvalue weighted by Gasteiger charge is -2.09. The second-order valence-electron chi connectivity index (χ2n) is 6.19. The zero-order chi connectivity index (χ0) is 18.5. The van der Waals surface area contributed by atoms with E-state index in [9.17, 15) is 9.59 Å². The Labute approximate surface area is 151 Å². The molecule has 0 atom stereocenters. The molecule has 0 radical (unpaired) electrons. The van der Waals surface area contributed by atoms with Crippen molar-refractivity contribution in [3.8, 4) is 5.75 Å². The van der Waals surface area contributed by atoms with Crippen LogP contribution in [0.4, 0.5) is 5.69 Å². The van der Waals surface area contributed by atoms with Crippen LogP contribution in [0.2, 0.25) is 0 Å². The molecular formula is C21H21NO4. The highest BCUT2D eigenvalue weighted by Gasteiger charge is 2.07. The van der Waals surface area contributed by atoms with E-state index in [0.717, 1.165) is 29.5 Å². The zero-order valence-corrected chi connectivity index (χ0v) is 14.9. The number of hydrogen-bond donors (Lipinski definition) is 1. The molecule has 0 aliphatic heterocycles. The fraction of sp³-hybridized carbons (Fsp3) is 0.238. The van der Waals surface area contributed by atoms with Crippen molar-refractivity contribution in [2.24, 2.45) is 0 Å². The summed E-state index contributed by atoms with van der Waals surface area (Å²) in [5.74, 6) is 0.221. The van der Waals surface area contributed by atoms with Crippen molar-refractivity contribution in [2.45, 2.75) is 26.7 Å². The lowest BCUT2D eigenvalue weighted by atomic mass is 10.1. The first kappa shape index (κ1) is 17.7. The van der Waals surface area contributed by atoms with Gasteiger partial charge in [-0.2, -0.15) is 0 Å². The quantitative estimate of drug-likeness (QED) is 0.680. The van der Waals surface area contributed by atoms with Crippen LogP contribution in [-0.4, -0.2) is 12.5 Å². The molecule has 0 unspecified atom stereocenters. The van der Waals surface area contributed by atoms with Crippen LogP contribution in [0.5, 0.6) is 5.75 Å². The number of amides is 1. The molecule has 134 valence electrons. The summed E-state index contributed by atoms with van der Waals surface area (Å²) >= 11 is 0. The van der Waals surface area contributed by atoms with E-state index in [-0.39, 0.29) is 12.5 Å². The maximum atomic E-state index is 12.1. The molecule has 0 saturated carbocycles. The van der Waals surface area contributed by atoms with Crippen molar-refractivity contribution in [2.75, 3.05) is 11.9 Å². The van der Waals surface area contributed by atoms with E-state index >= 15 is 0 Å². The SMILES string of the molecule is CCCc1ccc(NC(=O)COc2ccc3c(C)cc(=O)oc3c2)cc1. The van der Waals surface area contributed by atoms with Crippen LogP contribution in [0.25, 0.3) is 11.0 Å². The van der Waals surface area contributed by atoms with Gasteiger partial charge in [0.25, 0.3) is 5.91 Å². The number of nitrogens with one attached hydrogen (secondary N) is 1. The van der Waals surface area contributed by atoms with Gasteiger partial charge in [0, 0.05) is 23.2 Å². The third-order valence-corrected chi connectivity index (χ3v) is 4.07. The fourth-order valence-corrected chi connectivity index (χ4v) is 2.78. The van der Waals surface area contributed by atoms with E-state index in [2.05, 4.69) is 12.2 Å². The molecule has 5 heteroatoms. The molecular weight excluding hydrogens is 330 g/mol. The van der Waals surface area contributed by atoms with E-state index in [0.29, 0.717) is 11.3 Å². The van der Waals surface area contributed by atoms with E-state index in [4.69, 9.17) is 9.15 Å². The summed E-state index contributed by atoms with van der Waals surface area (Å²) in [5, 5.41) is 3.64. The van der Waals surface area contributed by atoms with E-state index < -0.39 is 5.63 Å². The zero-order valence-electron chi connectivity index (χ0n) is 14.9. The second kappa shape index (κ2) is 7.87. The molecule has 26 heavy (non-hydrogen) atoms. The van der Waals surface area contributed by atoms with Crippen LogP contribution in [0.3, 0.4) is 0 Å². The Morgan fingerprint density at radius 2 is 1.88 bits per heavy atom. The highest BCUT2D eigenvalue weighted by molar-refractivity contribution is 5.92. The molecule has 2 aromatic carbocycles. The highest BCUT2D eigenvalue weighted by Crippen LogP contribution is 2.22. The molecule has 0 spiro atoms. The summed E-state index contributed by atoms with van der Waals surface area (Å²) in [6, 6.07) is 14.4. The Morgan fingerprint density at radius 3 is 2.62 bits per heavy atom. The van der Waals surface area contributed by atoms with Gasteiger partial charge < -0.3 is 14.5 Å². The van der Waals surface area contributed by atoms with Crippen LogP contribution in [0.1, 0.15) is 24.5 Å². The summed E-state index contributed by atoms with van der Waals surface area (Å²) in [7, 11) is 0. The maximum Gasteiger partial charge on any atom is 0.336 e. The lowest BCUT2D eigenvalue weighted by molar-refractivity contribution is -0.118. The minimum absolute atomic E-state index is 0.127. The molecule has 0 fully saturated rings. The average molecular weight is 351 g/mol. The number of carbonyl (C=O) groups excluding carboxylic acids is 1. The van der Waals surface area contributed by atoms with Gasteiger partial charge in [-0.1, -0.05) is 25.5 Å². The van der Waals surface area contributed by atoms with Gasteiger partial charge in [-0.15, -0.1) is 0 Å². The number of ether oxygens (including phenoxy) is 1. The summed E-state index contributed by atoms with van der Waals surface area (Å²) in [5.41, 5.74) is 2.86. The molecule has 0 bridgehead atoms. The summed E-state index contributed by atoms with van der Waals surface area (Å²) in [6.45, 7) is 3.85. The van der Waals surface area contributed by atoms with Crippen molar-refractivity contribution in [1.29, 1.82) is 0 Å². The van der Waals surface area contributed by atoms with Crippen LogP contribution >= 0.6 is 0 Å². The molecule has 1 N–H and O–H groups in total. The lowest BCUT2D eigenvalue weighted by Crippen LogP contribution is -2.20. The predicted molar refractivity (Wildman–Crippen MR) is 102 cm³/mol. The number of anilines is 1. The standard InChI is InChI=1S/C21H21NO4/c1-3-4-15-5-7-16(8-6-15)22-20(23)13-25-17-9-10-18-14(2)11-21(24)26-19(18)12-17/h5-12H,3-4,13H2,1-2H3,(H,22,23). The third kappa shape index (κ3) is 4.30. The first-order valence-corrected chi connectivity index (χ1v) is 8.61. The molecule has 3 aromatic rings. The molecule has 0 aliphatic rings. The molecule has 1 aromatic heterocycles. The largest absolute Gasteiger partial charge is 0.484 e. The van der Waals surface area contributed by atoms with Crippen LogP contribution in [-0.2, 0) is 11.2 Å². The molecule has 3 rings (SSSR count).